The molecule has 172 valence electrons. The van der Waals surface area contributed by atoms with Crippen LogP contribution in [0.25, 0.3) is 11.1 Å². The largest absolute Gasteiger partial charge is 0.478 e. The number of carbonyl (C=O) groups is 3. The fraction of sp³-hybridized carbons (Fsp3) is 0.222. The number of carboxylic acid groups (broad SMARTS) is 1. The van der Waals surface area contributed by atoms with Crippen LogP contribution in [-0.4, -0.2) is 42.8 Å². The van der Waals surface area contributed by atoms with Crippen LogP contribution in [0.3, 0.4) is 0 Å². The molecule has 0 atom stereocenters. The third-order valence-corrected chi connectivity index (χ3v) is 6.47. The molecule has 7 heteroatoms. The van der Waals surface area contributed by atoms with E-state index in [0.717, 1.165) is 34.2 Å². The first kappa shape index (κ1) is 21.7. The van der Waals surface area contributed by atoms with E-state index in [1.54, 1.807) is 17.0 Å². The maximum absolute atomic E-state index is 12.8. The number of benzene rings is 3. The van der Waals surface area contributed by atoms with Crippen molar-refractivity contribution in [3.05, 3.63) is 89.0 Å². The fourth-order valence-electron chi connectivity index (χ4n) is 4.88. The van der Waals surface area contributed by atoms with Crippen molar-refractivity contribution in [2.75, 3.05) is 24.6 Å². The molecule has 3 aromatic rings. The lowest BCUT2D eigenvalue weighted by Crippen LogP contribution is -2.43. The standard InChI is InChI=1S/C27H24N2O5/c30-25(29-13-5-6-17-14-18(26(31)32)11-12-24(17)29)15-28-27(33)34-16-23-21-9-3-1-7-19(21)20-8-2-4-10-22(20)23/h1-4,7-12,14,23H,5-6,13,15-16H2,(H,28,33)(H,31,32). The molecule has 1 aliphatic carbocycles. The topological polar surface area (TPSA) is 95.9 Å². The van der Waals surface area contributed by atoms with Crippen molar-refractivity contribution < 1.29 is 24.2 Å². The minimum Gasteiger partial charge on any atom is -0.478 e. The van der Waals surface area contributed by atoms with Crippen molar-refractivity contribution in [3.8, 4) is 11.1 Å². The van der Waals surface area contributed by atoms with Gasteiger partial charge in [-0.25, -0.2) is 9.59 Å². The van der Waals surface area contributed by atoms with Gasteiger partial charge >= 0.3 is 12.1 Å². The van der Waals surface area contributed by atoms with E-state index in [0.29, 0.717) is 18.7 Å². The number of aromatic carboxylic acids is 1. The minimum absolute atomic E-state index is 0.0498. The smallest absolute Gasteiger partial charge is 0.407 e. The molecule has 0 fully saturated rings. The van der Waals surface area contributed by atoms with Crippen molar-refractivity contribution in [2.45, 2.75) is 18.8 Å². The highest BCUT2D eigenvalue weighted by atomic mass is 16.5. The third-order valence-electron chi connectivity index (χ3n) is 6.47. The Labute approximate surface area is 197 Å². The molecule has 0 saturated heterocycles. The van der Waals surface area contributed by atoms with Gasteiger partial charge in [-0.2, -0.15) is 0 Å². The van der Waals surface area contributed by atoms with E-state index < -0.39 is 12.1 Å². The highest BCUT2D eigenvalue weighted by molar-refractivity contribution is 5.98. The molecule has 0 spiro atoms. The van der Waals surface area contributed by atoms with E-state index in [1.807, 2.05) is 36.4 Å². The predicted molar refractivity (Wildman–Crippen MR) is 127 cm³/mol. The normalized spacial score (nSPS) is 14.1. The van der Waals surface area contributed by atoms with Gasteiger partial charge < -0.3 is 20.1 Å². The summed E-state index contributed by atoms with van der Waals surface area (Å²) in [7, 11) is 0. The summed E-state index contributed by atoms with van der Waals surface area (Å²) < 4.78 is 5.50. The average molecular weight is 456 g/mol. The Balaban J connectivity index is 1.20. The maximum Gasteiger partial charge on any atom is 0.407 e. The zero-order valence-electron chi connectivity index (χ0n) is 18.5. The zero-order valence-corrected chi connectivity index (χ0v) is 18.5. The van der Waals surface area contributed by atoms with Crippen LogP contribution in [0.15, 0.2) is 66.7 Å². The van der Waals surface area contributed by atoms with Gasteiger partial charge in [0.1, 0.15) is 13.2 Å². The molecule has 0 bridgehead atoms. The van der Waals surface area contributed by atoms with Crippen LogP contribution in [0, 0.1) is 0 Å². The summed E-state index contributed by atoms with van der Waals surface area (Å²) in [6.07, 6.45) is 0.793. The summed E-state index contributed by atoms with van der Waals surface area (Å²) in [5, 5.41) is 11.8. The number of amides is 2. The molecule has 2 N–H and O–H groups in total. The van der Waals surface area contributed by atoms with Crippen LogP contribution < -0.4 is 10.2 Å². The molecular formula is C27H24N2O5. The molecule has 1 heterocycles. The number of hydrogen-bond donors (Lipinski definition) is 2. The van der Waals surface area contributed by atoms with Gasteiger partial charge in [-0.1, -0.05) is 48.5 Å². The van der Waals surface area contributed by atoms with E-state index in [1.165, 1.54) is 6.07 Å². The van der Waals surface area contributed by atoms with Crippen LogP contribution in [0.1, 0.15) is 39.4 Å². The number of hydrogen-bond acceptors (Lipinski definition) is 4. The predicted octanol–water partition coefficient (Wildman–Crippen LogP) is 4.20. The quantitative estimate of drug-likeness (QED) is 0.600. The number of fused-ring (bicyclic) bond motifs is 4. The Morgan fingerprint density at radius 3 is 2.32 bits per heavy atom. The summed E-state index contributed by atoms with van der Waals surface area (Å²) in [4.78, 5) is 38.0. The first-order valence-electron chi connectivity index (χ1n) is 11.3. The van der Waals surface area contributed by atoms with Gasteiger partial charge in [0, 0.05) is 18.2 Å². The molecule has 3 aromatic carbocycles. The number of ether oxygens (including phenoxy) is 1. The van der Waals surface area contributed by atoms with Crippen LogP contribution in [0.4, 0.5) is 10.5 Å². The lowest BCUT2D eigenvalue weighted by molar-refractivity contribution is -0.117. The molecule has 5 rings (SSSR count). The van der Waals surface area contributed by atoms with Crippen molar-refractivity contribution in [3.63, 3.8) is 0 Å². The molecule has 7 nitrogen and oxygen atoms in total. The Bertz CT molecular complexity index is 1240. The summed E-state index contributed by atoms with van der Waals surface area (Å²) in [5.74, 6) is -1.31. The lowest BCUT2D eigenvalue weighted by Gasteiger charge is -2.29. The lowest BCUT2D eigenvalue weighted by atomic mass is 9.98. The monoisotopic (exact) mass is 456 g/mol. The Morgan fingerprint density at radius 1 is 0.971 bits per heavy atom. The second kappa shape index (κ2) is 9.02. The summed E-state index contributed by atoms with van der Waals surface area (Å²) in [5.41, 5.74) is 6.26. The molecule has 2 amide bonds. The van der Waals surface area contributed by atoms with E-state index in [4.69, 9.17) is 4.74 Å². The van der Waals surface area contributed by atoms with E-state index >= 15 is 0 Å². The molecule has 0 radical (unpaired) electrons. The second-order valence-corrected chi connectivity index (χ2v) is 8.48. The first-order chi connectivity index (χ1) is 16.5. The average Bonchev–Trinajstić information content (AvgIpc) is 3.19. The van der Waals surface area contributed by atoms with E-state index in [-0.39, 0.29) is 30.5 Å². The Morgan fingerprint density at radius 2 is 1.65 bits per heavy atom. The SMILES string of the molecule is O=C(NCC(=O)N1CCCc2cc(C(=O)O)ccc21)OCC1c2ccccc2-c2ccccc21. The molecule has 0 unspecified atom stereocenters. The minimum atomic E-state index is -0.997. The molecule has 0 saturated carbocycles. The third kappa shape index (κ3) is 4.01. The highest BCUT2D eigenvalue weighted by Gasteiger charge is 2.29. The Hall–Kier alpha value is -4.13. The van der Waals surface area contributed by atoms with Crippen molar-refractivity contribution in [1.82, 2.24) is 5.32 Å². The van der Waals surface area contributed by atoms with Crippen LogP contribution >= 0.6 is 0 Å². The molecule has 34 heavy (non-hydrogen) atoms. The highest BCUT2D eigenvalue weighted by Crippen LogP contribution is 2.44. The number of rotatable bonds is 5. The van der Waals surface area contributed by atoms with Crippen LogP contribution in [0.5, 0.6) is 0 Å². The summed E-state index contributed by atoms with van der Waals surface area (Å²) in [6.45, 7) is 0.500. The number of carboxylic acids is 1. The number of carbonyl (C=O) groups excluding carboxylic acids is 2. The number of anilines is 1. The number of nitrogens with zero attached hydrogens (tertiary/aromatic N) is 1. The van der Waals surface area contributed by atoms with Crippen molar-refractivity contribution in [1.29, 1.82) is 0 Å². The molecule has 2 aliphatic rings. The second-order valence-electron chi connectivity index (χ2n) is 8.48. The molecular weight excluding hydrogens is 432 g/mol. The Kier molecular flexibility index (Phi) is 5.76. The van der Waals surface area contributed by atoms with Crippen molar-refractivity contribution >= 4 is 23.7 Å². The maximum atomic E-state index is 12.8. The molecule has 1 aliphatic heterocycles. The van der Waals surface area contributed by atoms with Gasteiger partial charge in [0.2, 0.25) is 5.91 Å². The zero-order chi connectivity index (χ0) is 23.7. The number of nitrogens with one attached hydrogen (secondary N) is 1. The van der Waals surface area contributed by atoms with Gasteiger partial charge in [-0.05, 0) is 58.9 Å². The number of aryl methyl sites for hydroxylation is 1. The van der Waals surface area contributed by atoms with Crippen LogP contribution in [-0.2, 0) is 16.0 Å². The summed E-state index contributed by atoms with van der Waals surface area (Å²) >= 11 is 0. The first-order valence-corrected chi connectivity index (χ1v) is 11.3. The van der Waals surface area contributed by atoms with Crippen LogP contribution in [0.2, 0.25) is 0 Å². The van der Waals surface area contributed by atoms with E-state index in [9.17, 15) is 19.5 Å². The number of alkyl carbamates (subject to hydrolysis) is 1. The molecule has 0 aromatic heterocycles. The van der Waals surface area contributed by atoms with Gasteiger partial charge in [0.15, 0.2) is 0 Å². The fourth-order valence-corrected chi connectivity index (χ4v) is 4.88. The van der Waals surface area contributed by atoms with Gasteiger partial charge in [-0.3, -0.25) is 4.79 Å². The van der Waals surface area contributed by atoms with Gasteiger partial charge in [0.05, 0.1) is 5.56 Å². The van der Waals surface area contributed by atoms with E-state index in [2.05, 4.69) is 17.4 Å². The van der Waals surface area contributed by atoms with Gasteiger partial charge in [-0.15, -0.1) is 0 Å². The summed E-state index contributed by atoms with van der Waals surface area (Å²) in [6, 6.07) is 21.0. The van der Waals surface area contributed by atoms with Gasteiger partial charge in [0.25, 0.3) is 0 Å². The van der Waals surface area contributed by atoms with Crippen molar-refractivity contribution in [2.24, 2.45) is 0 Å².